The van der Waals surface area contributed by atoms with Crippen molar-refractivity contribution in [2.45, 2.75) is 33.6 Å². The molecule has 2 unspecified atom stereocenters. The van der Waals surface area contributed by atoms with Crippen LogP contribution in [0.25, 0.3) is 0 Å². The Morgan fingerprint density at radius 2 is 2.06 bits per heavy atom. The SMILES string of the molecule is CC(CO)CCCNC(=O)C(C#N)C(C)C. The summed E-state index contributed by atoms with van der Waals surface area (Å²) in [7, 11) is 0. The van der Waals surface area contributed by atoms with Crippen LogP contribution in [0.4, 0.5) is 0 Å². The van der Waals surface area contributed by atoms with Gasteiger partial charge in [0.15, 0.2) is 0 Å². The van der Waals surface area contributed by atoms with Gasteiger partial charge >= 0.3 is 0 Å². The molecule has 0 bridgehead atoms. The third kappa shape index (κ3) is 5.72. The van der Waals surface area contributed by atoms with Crippen LogP contribution in [-0.4, -0.2) is 24.2 Å². The molecule has 2 N–H and O–H groups in total. The summed E-state index contributed by atoms with van der Waals surface area (Å²) in [4.78, 5) is 11.5. The first-order valence-corrected chi connectivity index (χ1v) is 5.81. The standard InChI is InChI=1S/C12H22N2O2/c1-9(2)11(7-13)12(16)14-6-4-5-10(3)8-15/h9-11,15H,4-6,8H2,1-3H3,(H,14,16). The van der Waals surface area contributed by atoms with Gasteiger partial charge in [0.25, 0.3) is 0 Å². The van der Waals surface area contributed by atoms with Gasteiger partial charge in [0, 0.05) is 13.2 Å². The van der Waals surface area contributed by atoms with Crippen LogP contribution < -0.4 is 5.32 Å². The Bertz CT molecular complexity index is 246. The second kappa shape index (κ2) is 8.12. The molecule has 4 heteroatoms. The summed E-state index contributed by atoms with van der Waals surface area (Å²) in [6, 6.07) is 2.01. The molecule has 0 aromatic carbocycles. The number of carbonyl (C=O) groups is 1. The van der Waals surface area contributed by atoms with Gasteiger partial charge in [-0.15, -0.1) is 0 Å². The van der Waals surface area contributed by atoms with Gasteiger partial charge < -0.3 is 10.4 Å². The van der Waals surface area contributed by atoms with Crippen LogP contribution >= 0.6 is 0 Å². The summed E-state index contributed by atoms with van der Waals surface area (Å²) in [5.74, 6) is -0.431. The fraction of sp³-hybridized carbons (Fsp3) is 0.833. The lowest BCUT2D eigenvalue weighted by Gasteiger charge is -2.13. The monoisotopic (exact) mass is 226 g/mol. The van der Waals surface area contributed by atoms with Crippen molar-refractivity contribution < 1.29 is 9.90 Å². The maximum atomic E-state index is 11.5. The third-order valence-electron chi connectivity index (χ3n) is 2.57. The molecule has 0 spiro atoms. The van der Waals surface area contributed by atoms with Crippen molar-refractivity contribution in [1.82, 2.24) is 5.32 Å². The maximum Gasteiger partial charge on any atom is 0.237 e. The number of amides is 1. The normalized spacial score (nSPS) is 14.2. The second-order valence-electron chi connectivity index (χ2n) is 4.57. The van der Waals surface area contributed by atoms with Crippen molar-refractivity contribution in [1.29, 1.82) is 5.26 Å². The van der Waals surface area contributed by atoms with Crippen LogP contribution in [-0.2, 0) is 4.79 Å². The quantitative estimate of drug-likeness (QED) is 0.643. The minimum atomic E-state index is -0.560. The van der Waals surface area contributed by atoms with E-state index in [9.17, 15) is 4.79 Å². The number of hydrogen-bond donors (Lipinski definition) is 2. The Balaban J connectivity index is 3.77. The van der Waals surface area contributed by atoms with Gasteiger partial charge in [-0.1, -0.05) is 20.8 Å². The molecule has 0 aromatic heterocycles. The molecule has 0 radical (unpaired) electrons. The molecular weight excluding hydrogens is 204 g/mol. The number of nitriles is 1. The average Bonchev–Trinajstić information content (AvgIpc) is 2.24. The number of aliphatic hydroxyl groups excluding tert-OH is 1. The van der Waals surface area contributed by atoms with Crippen LogP contribution in [0, 0.1) is 29.1 Å². The van der Waals surface area contributed by atoms with Gasteiger partial charge in [0.05, 0.1) is 6.07 Å². The summed E-state index contributed by atoms with van der Waals surface area (Å²) >= 11 is 0. The molecular formula is C12H22N2O2. The first-order chi connectivity index (χ1) is 7.52. The largest absolute Gasteiger partial charge is 0.396 e. The van der Waals surface area contributed by atoms with Crippen molar-refractivity contribution >= 4 is 5.91 Å². The van der Waals surface area contributed by atoms with Crippen molar-refractivity contribution in [2.75, 3.05) is 13.2 Å². The highest BCUT2D eigenvalue weighted by Gasteiger charge is 2.20. The number of carbonyl (C=O) groups excluding carboxylic acids is 1. The van der Waals surface area contributed by atoms with Crippen molar-refractivity contribution in [3.8, 4) is 6.07 Å². The lowest BCUT2D eigenvalue weighted by molar-refractivity contribution is -0.124. The van der Waals surface area contributed by atoms with Gasteiger partial charge in [-0.05, 0) is 24.7 Å². The summed E-state index contributed by atoms with van der Waals surface area (Å²) in [5.41, 5.74) is 0. The first kappa shape index (κ1) is 14.9. The van der Waals surface area contributed by atoms with Gasteiger partial charge in [0.1, 0.15) is 5.92 Å². The molecule has 4 nitrogen and oxygen atoms in total. The van der Waals surface area contributed by atoms with Crippen LogP contribution in [0.3, 0.4) is 0 Å². The molecule has 92 valence electrons. The van der Waals surface area contributed by atoms with E-state index in [0.717, 1.165) is 12.8 Å². The molecule has 0 saturated carbocycles. The van der Waals surface area contributed by atoms with Crippen molar-refractivity contribution in [2.24, 2.45) is 17.8 Å². The second-order valence-corrected chi connectivity index (χ2v) is 4.57. The number of rotatable bonds is 7. The topological polar surface area (TPSA) is 73.1 Å². The fourth-order valence-electron chi connectivity index (χ4n) is 1.37. The van der Waals surface area contributed by atoms with Gasteiger partial charge in [0.2, 0.25) is 5.91 Å². The number of hydrogen-bond acceptors (Lipinski definition) is 3. The van der Waals surface area contributed by atoms with Crippen LogP contribution in [0.1, 0.15) is 33.6 Å². The molecule has 0 aliphatic rings. The summed E-state index contributed by atoms with van der Waals surface area (Å²) in [5, 5.41) is 20.4. The third-order valence-corrected chi connectivity index (χ3v) is 2.57. The Morgan fingerprint density at radius 3 is 2.50 bits per heavy atom. The number of nitrogens with zero attached hydrogens (tertiary/aromatic N) is 1. The Morgan fingerprint density at radius 1 is 1.44 bits per heavy atom. The molecule has 0 aromatic rings. The van der Waals surface area contributed by atoms with E-state index in [4.69, 9.17) is 10.4 Å². The van der Waals surface area contributed by atoms with Gasteiger partial charge in [-0.25, -0.2) is 0 Å². The van der Waals surface area contributed by atoms with E-state index in [1.54, 1.807) is 0 Å². The highest BCUT2D eigenvalue weighted by molar-refractivity contribution is 5.81. The van der Waals surface area contributed by atoms with E-state index in [-0.39, 0.29) is 24.3 Å². The van der Waals surface area contributed by atoms with E-state index in [1.165, 1.54) is 0 Å². The summed E-state index contributed by atoms with van der Waals surface area (Å²) in [6.45, 7) is 6.45. The minimum Gasteiger partial charge on any atom is -0.396 e. The molecule has 0 aliphatic carbocycles. The maximum absolute atomic E-state index is 11.5. The Kier molecular flexibility index (Phi) is 7.57. The predicted octanol–water partition coefficient (Wildman–Crippen LogP) is 1.31. The zero-order valence-electron chi connectivity index (χ0n) is 10.4. The minimum absolute atomic E-state index is 0.0429. The summed E-state index contributed by atoms with van der Waals surface area (Å²) in [6.07, 6.45) is 1.72. The van der Waals surface area contributed by atoms with Crippen LogP contribution in [0.5, 0.6) is 0 Å². The highest BCUT2D eigenvalue weighted by atomic mass is 16.3. The first-order valence-electron chi connectivity index (χ1n) is 5.81. The number of nitrogens with one attached hydrogen (secondary N) is 1. The fourth-order valence-corrected chi connectivity index (χ4v) is 1.37. The molecule has 2 atom stereocenters. The highest BCUT2D eigenvalue weighted by Crippen LogP contribution is 2.09. The van der Waals surface area contributed by atoms with Crippen LogP contribution in [0.15, 0.2) is 0 Å². The predicted molar refractivity (Wildman–Crippen MR) is 62.4 cm³/mol. The van der Waals surface area contributed by atoms with E-state index in [0.29, 0.717) is 6.54 Å². The summed E-state index contributed by atoms with van der Waals surface area (Å²) < 4.78 is 0. The van der Waals surface area contributed by atoms with Crippen molar-refractivity contribution in [3.05, 3.63) is 0 Å². The molecule has 0 fully saturated rings. The molecule has 1 amide bonds. The Hall–Kier alpha value is -1.08. The zero-order valence-corrected chi connectivity index (χ0v) is 10.4. The molecule has 0 saturated heterocycles. The number of aliphatic hydroxyl groups is 1. The van der Waals surface area contributed by atoms with Crippen LogP contribution in [0.2, 0.25) is 0 Å². The Labute approximate surface area is 97.7 Å². The molecule has 0 aliphatic heterocycles. The zero-order chi connectivity index (χ0) is 12.6. The molecule has 0 heterocycles. The molecule has 16 heavy (non-hydrogen) atoms. The van der Waals surface area contributed by atoms with E-state index in [1.807, 2.05) is 26.8 Å². The van der Waals surface area contributed by atoms with E-state index in [2.05, 4.69) is 5.32 Å². The van der Waals surface area contributed by atoms with E-state index < -0.39 is 5.92 Å². The van der Waals surface area contributed by atoms with E-state index >= 15 is 0 Å². The lowest BCUT2D eigenvalue weighted by atomic mass is 9.96. The van der Waals surface area contributed by atoms with Crippen molar-refractivity contribution in [3.63, 3.8) is 0 Å². The van der Waals surface area contributed by atoms with Gasteiger partial charge in [-0.3, -0.25) is 4.79 Å². The average molecular weight is 226 g/mol. The molecule has 0 rings (SSSR count). The smallest absolute Gasteiger partial charge is 0.237 e. The van der Waals surface area contributed by atoms with Gasteiger partial charge in [-0.2, -0.15) is 5.26 Å². The lowest BCUT2D eigenvalue weighted by Crippen LogP contribution is -2.33.